The Hall–Kier alpha value is -1.82. The van der Waals surface area contributed by atoms with Crippen LogP contribution < -0.4 is 5.32 Å². The van der Waals surface area contributed by atoms with Gasteiger partial charge in [0, 0.05) is 28.5 Å². The number of aromatic nitrogens is 2. The predicted molar refractivity (Wildman–Crippen MR) is 76.0 cm³/mol. The summed E-state index contributed by atoms with van der Waals surface area (Å²) in [4.78, 5) is 11.4. The molecule has 2 aromatic rings. The minimum atomic E-state index is -0.935. The van der Waals surface area contributed by atoms with E-state index in [2.05, 4.69) is 26.3 Å². The highest BCUT2D eigenvalue weighted by Gasteiger charge is 2.21. The zero-order chi connectivity index (χ0) is 13.8. The lowest BCUT2D eigenvalue weighted by Crippen LogP contribution is -2.20. The zero-order valence-corrected chi connectivity index (χ0v) is 12.0. The van der Waals surface area contributed by atoms with Crippen molar-refractivity contribution in [1.29, 1.82) is 0 Å². The van der Waals surface area contributed by atoms with Gasteiger partial charge in [0.05, 0.1) is 6.20 Å². The van der Waals surface area contributed by atoms with Crippen molar-refractivity contribution in [1.82, 2.24) is 9.78 Å². The van der Waals surface area contributed by atoms with Gasteiger partial charge < -0.3 is 10.4 Å². The number of aryl methyl sites for hydroxylation is 1. The molecular weight excluding hydrogens is 310 g/mol. The van der Waals surface area contributed by atoms with Crippen LogP contribution >= 0.6 is 15.9 Å². The molecule has 0 radical (unpaired) electrons. The van der Waals surface area contributed by atoms with Crippen LogP contribution in [0.15, 0.2) is 41.1 Å². The lowest BCUT2D eigenvalue weighted by molar-refractivity contribution is -0.138. The summed E-state index contributed by atoms with van der Waals surface area (Å²) in [6.45, 7) is 2.66. The summed E-state index contributed by atoms with van der Waals surface area (Å²) in [5.41, 5.74) is 1.38. The van der Waals surface area contributed by atoms with E-state index in [1.807, 2.05) is 31.2 Å². The smallest absolute Gasteiger partial charge is 0.330 e. The summed E-state index contributed by atoms with van der Waals surface area (Å²) in [5, 5.41) is 16.4. The molecule has 1 atom stereocenters. The molecule has 0 aliphatic rings. The molecule has 0 aliphatic carbocycles. The minimum absolute atomic E-state index is 0.634. The normalized spacial score (nSPS) is 12.1. The van der Waals surface area contributed by atoms with Crippen LogP contribution in [0.4, 0.5) is 5.69 Å². The molecule has 1 aromatic carbocycles. The van der Waals surface area contributed by atoms with Crippen LogP contribution in [-0.2, 0) is 11.3 Å². The SMILES string of the molecule is CCn1cc(C(Nc2cccc(Br)c2)C(=O)O)cn1. The molecule has 0 amide bonds. The molecule has 2 N–H and O–H groups in total. The lowest BCUT2D eigenvalue weighted by Gasteiger charge is -2.14. The molecule has 0 fully saturated rings. The monoisotopic (exact) mass is 323 g/mol. The maximum absolute atomic E-state index is 11.4. The first kappa shape index (κ1) is 13.6. The molecule has 19 heavy (non-hydrogen) atoms. The largest absolute Gasteiger partial charge is 0.479 e. The number of anilines is 1. The number of nitrogens with zero attached hydrogens (tertiary/aromatic N) is 2. The van der Waals surface area contributed by atoms with Crippen molar-refractivity contribution in [3.63, 3.8) is 0 Å². The average molecular weight is 324 g/mol. The van der Waals surface area contributed by atoms with E-state index in [1.165, 1.54) is 0 Å². The number of carbonyl (C=O) groups is 1. The molecule has 100 valence electrons. The van der Waals surface area contributed by atoms with E-state index in [0.717, 1.165) is 10.2 Å². The van der Waals surface area contributed by atoms with Crippen molar-refractivity contribution in [2.75, 3.05) is 5.32 Å². The third kappa shape index (κ3) is 3.35. The second-order valence-electron chi connectivity index (χ2n) is 4.06. The van der Waals surface area contributed by atoms with Crippen LogP contribution in [0.1, 0.15) is 18.5 Å². The van der Waals surface area contributed by atoms with Gasteiger partial charge in [-0.15, -0.1) is 0 Å². The summed E-state index contributed by atoms with van der Waals surface area (Å²) in [6.07, 6.45) is 3.32. The second-order valence-corrected chi connectivity index (χ2v) is 4.97. The number of rotatable bonds is 5. The molecule has 2 rings (SSSR count). The fourth-order valence-electron chi connectivity index (χ4n) is 1.73. The number of hydrogen-bond donors (Lipinski definition) is 2. The highest BCUT2D eigenvalue weighted by Crippen LogP contribution is 2.22. The standard InChI is InChI=1S/C13H14BrN3O2/c1-2-17-8-9(7-15-17)12(13(18)19)16-11-5-3-4-10(14)6-11/h3-8,12,16H,2H2,1H3,(H,18,19). The van der Waals surface area contributed by atoms with Gasteiger partial charge in [-0.25, -0.2) is 4.79 Å². The molecule has 6 heteroatoms. The van der Waals surface area contributed by atoms with Gasteiger partial charge >= 0.3 is 5.97 Å². The summed E-state index contributed by atoms with van der Waals surface area (Å²) >= 11 is 3.36. The first-order chi connectivity index (χ1) is 9.10. The zero-order valence-electron chi connectivity index (χ0n) is 10.4. The Morgan fingerprint density at radius 2 is 2.37 bits per heavy atom. The van der Waals surface area contributed by atoms with Crippen LogP contribution in [0.5, 0.6) is 0 Å². The number of hydrogen-bond acceptors (Lipinski definition) is 3. The number of benzene rings is 1. The van der Waals surface area contributed by atoms with Crippen LogP contribution in [0, 0.1) is 0 Å². The predicted octanol–water partition coefficient (Wildman–Crippen LogP) is 2.90. The van der Waals surface area contributed by atoms with Crippen LogP contribution in [0.25, 0.3) is 0 Å². The molecule has 0 spiro atoms. The molecule has 0 saturated carbocycles. The van der Waals surface area contributed by atoms with Crippen molar-refractivity contribution in [2.45, 2.75) is 19.5 Å². The Labute approximate surface area is 119 Å². The van der Waals surface area contributed by atoms with Crippen molar-refractivity contribution in [3.05, 3.63) is 46.7 Å². The van der Waals surface area contributed by atoms with Gasteiger partial charge in [0.25, 0.3) is 0 Å². The Bertz CT molecular complexity index is 583. The van der Waals surface area contributed by atoms with Gasteiger partial charge in [-0.1, -0.05) is 22.0 Å². The summed E-state index contributed by atoms with van der Waals surface area (Å²) < 4.78 is 2.60. The van der Waals surface area contributed by atoms with E-state index in [0.29, 0.717) is 12.1 Å². The van der Waals surface area contributed by atoms with E-state index in [-0.39, 0.29) is 0 Å². The van der Waals surface area contributed by atoms with Gasteiger partial charge in [-0.2, -0.15) is 5.10 Å². The number of halogens is 1. The number of nitrogens with one attached hydrogen (secondary N) is 1. The molecule has 0 bridgehead atoms. The van der Waals surface area contributed by atoms with Gasteiger partial charge in [0.2, 0.25) is 0 Å². The molecule has 0 aliphatic heterocycles. The quantitative estimate of drug-likeness (QED) is 0.887. The minimum Gasteiger partial charge on any atom is -0.479 e. The molecule has 1 unspecified atom stereocenters. The van der Waals surface area contributed by atoms with Crippen molar-refractivity contribution in [3.8, 4) is 0 Å². The summed E-state index contributed by atoms with van der Waals surface area (Å²) in [5.74, 6) is -0.935. The van der Waals surface area contributed by atoms with Gasteiger partial charge in [-0.05, 0) is 25.1 Å². The third-order valence-corrected chi connectivity index (χ3v) is 3.19. The lowest BCUT2D eigenvalue weighted by atomic mass is 10.1. The van der Waals surface area contributed by atoms with Crippen LogP contribution in [-0.4, -0.2) is 20.9 Å². The fourth-order valence-corrected chi connectivity index (χ4v) is 2.13. The third-order valence-electron chi connectivity index (χ3n) is 2.69. The molecule has 5 nitrogen and oxygen atoms in total. The second kappa shape index (κ2) is 5.88. The van der Waals surface area contributed by atoms with E-state index in [4.69, 9.17) is 0 Å². The van der Waals surface area contributed by atoms with E-state index in [9.17, 15) is 9.90 Å². The maximum atomic E-state index is 11.4. The molecule has 1 heterocycles. The van der Waals surface area contributed by atoms with Crippen LogP contribution in [0.3, 0.4) is 0 Å². The van der Waals surface area contributed by atoms with E-state index in [1.54, 1.807) is 17.1 Å². The van der Waals surface area contributed by atoms with E-state index >= 15 is 0 Å². The van der Waals surface area contributed by atoms with E-state index < -0.39 is 12.0 Å². The number of aliphatic carboxylic acids is 1. The first-order valence-corrected chi connectivity index (χ1v) is 6.66. The topological polar surface area (TPSA) is 67.2 Å². The number of carboxylic acid groups (broad SMARTS) is 1. The molecule has 1 aromatic heterocycles. The van der Waals surface area contributed by atoms with Gasteiger partial charge in [0.15, 0.2) is 6.04 Å². The maximum Gasteiger partial charge on any atom is 0.330 e. The van der Waals surface area contributed by atoms with Crippen LogP contribution in [0.2, 0.25) is 0 Å². The summed E-state index contributed by atoms with van der Waals surface area (Å²) in [7, 11) is 0. The summed E-state index contributed by atoms with van der Waals surface area (Å²) in [6, 6.07) is 6.58. The Morgan fingerprint density at radius 1 is 1.58 bits per heavy atom. The number of carboxylic acids is 1. The van der Waals surface area contributed by atoms with Gasteiger partial charge in [0.1, 0.15) is 0 Å². The Kier molecular flexibility index (Phi) is 4.21. The molecular formula is C13H14BrN3O2. The highest BCUT2D eigenvalue weighted by atomic mass is 79.9. The fraction of sp³-hybridized carbons (Fsp3) is 0.231. The van der Waals surface area contributed by atoms with Crippen molar-refractivity contribution < 1.29 is 9.90 Å². The van der Waals surface area contributed by atoms with Gasteiger partial charge in [-0.3, -0.25) is 4.68 Å². The first-order valence-electron chi connectivity index (χ1n) is 5.87. The van der Waals surface area contributed by atoms with Crippen molar-refractivity contribution >= 4 is 27.6 Å². The van der Waals surface area contributed by atoms with Crippen molar-refractivity contribution in [2.24, 2.45) is 0 Å². The Balaban J connectivity index is 2.23. The Morgan fingerprint density at radius 3 is 2.95 bits per heavy atom. The average Bonchev–Trinajstić information content (AvgIpc) is 2.84. The molecule has 0 saturated heterocycles. The highest BCUT2D eigenvalue weighted by molar-refractivity contribution is 9.10.